The molecule has 1 aliphatic carbocycles. The van der Waals surface area contributed by atoms with Crippen molar-refractivity contribution in [3.8, 4) is 22.9 Å². The lowest BCUT2D eigenvalue weighted by Gasteiger charge is -2.38. The van der Waals surface area contributed by atoms with Crippen molar-refractivity contribution < 1.29 is 0 Å². The molecule has 0 fully saturated rings. The Balaban J connectivity index is 1.53. The van der Waals surface area contributed by atoms with E-state index in [4.69, 9.17) is 4.98 Å². The molecule has 0 radical (unpaired) electrons. The molecule has 4 aromatic rings. The number of anilines is 1. The lowest BCUT2D eigenvalue weighted by molar-refractivity contribution is 0.573. The van der Waals surface area contributed by atoms with Crippen molar-refractivity contribution in [2.45, 2.75) is 19.4 Å². The number of fused-ring (bicyclic) bond motifs is 3. The molecule has 6 rings (SSSR count). The first-order valence-electron chi connectivity index (χ1n) is 9.90. The van der Waals surface area contributed by atoms with Gasteiger partial charge in [-0.05, 0) is 24.6 Å². The molecule has 2 aliphatic rings. The Labute approximate surface area is 172 Å². The van der Waals surface area contributed by atoms with Crippen LogP contribution in [0.5, 0.6) is 0 Å². The predicted molar refractivity (Wildman–Crippen MR) is 112 cm³/mol. The Kier molecular flexibility index (Phi) is 3.64. The SMILES string of the molecule is CC[C@@H]1c2nncn2-c2cnc(-n3nccc3-c3ccccc3)nc2N1C1=CC=C1. The highest BCUT2D eigenvalue weighted by molar-refractivity contribution is 5.69. The second-order valence-electron chi connectivity index (χ2n) is 7.18. The quantitative estimate of drug-likeness (QED) is 0.526. The van der Waals surface area contributed by atoms with Gasteiger partial charge in [-0.25, -0.2) is 4.98 Å². The molecule has 0 spiro atoms. The lowest BCUT2D eigenvalue weighted by Crippen LogP contribution is -2.35. The van der Waals surface area contributed by atoms with Crippen LogP contribution in [0, 0.1) is 0 Å². The molecule has 146 valence electrons. The smallest absolute Gasteiger partial charge is 0.253 e. The maximum atomic E-state index is 4.97. The van der Waals surface area contributed by atoms with Gasteiger partial charge in [0.25, 0.3) is 5.95 Å². The highest BCUT2D eigenvalue weighted by Gasteiger charge is 2.36. The summed E-state index contributed by atoms with van der Waals surface area (Å²) in [7, 11) is 0. The van der Waals surface area contributed by atoms with E-state index in [9.17, 15) is 0 Å². The van der Waals surface area contributed by atoms with Crippen molar-refractivity contribution in [3.63, 3.8) is 0 Å². The number of hydrogen-bond acceptors (Lipinski definition) is 6. The Morgan fingerprint density at radius 1 is 1.10 bits per heavy atom. The van der Waals surface area contributed by atoms with E-state index in [1.165, 1.54) is 0 Å². The molecule has 8 heteroatoms. The van der Waals surface area contributed by atoms with Gasteiger partial charge in [0.1, 0.15) is 12.0 Å². The minimum absolute atomic E-state index is 0.0464. The zero-order valence-corrected chi connectivity index (χ0v) is 16.3. The van der Waals surface area contributed by atoms with Crippen molar-refractivity contribution in [2.24, 2.45) is 0 Å². The summed E-state index contributed by atoms with van der Waals surface area (Å²) in [6.07, 6.45) is 12.4. The van der Waals surface area contributed by atoms with Crippen LogP contribution in [-0.4, -0.2) is 34.5 Å². The van der Waals surface area contributed by atoms with Gasteiger partial charge in [-0.3, -0.25) is 4.57 Å². The second-order valence-corrected chi connectivity index (χ2v) is 7.18. The molecular formula is C22H18N8. The van der Waals surface area contributed by atoms with Crippen molar-refractivity contribution in [2.75, 3.05) is 4.90 Å². The van der Waals surface area contributed by atoms with Gasteiger partial charge in [0.15, 0.2) is 11.6 Å². The first-order valence-corrected chi connectivity index (χ1v) is 9.90. The summed E-state index contributed by atoms with van der Waals surface area (Å²) in [4.78, 5) is 11.8. The molecular weight excluding hydrogens is 376 g/mol. The molecule has 1 aromatic carbocycles. The summed E-state index contributed by atoms with van der Waals surface area (Å²) in [5.41, 5.74) is 3.96. The summed E-state index contributed by atoms with van der Waals surface area (Å²) >= 11 is 0. The number of nitrogens with zero attached hydrogens (tertiary/aromatic N) is 8. The fourth-order valence-electron chi connectivity index (χ4n) is 4.03. The molecule has 0 saturated heterocycles. The maximum absolute atomic E-state index is 4.97. The zero-order valence-electron chi connectivity index (χ0n) is 16.3. The van der Waals surface area contributed by atoms with Gasteiger partial charge in [-0.2, -0.15) is 14.8 Å². The average molecular weight is 394 g/mol. The standard InChI is InChI=1S/C22H18N8/c1-2-17-21-27-24-14-28(21)19-13-23-22(26-20(19)29(17)16-9-6-10-16)30-18(11-12-25-30)15-7-4-3-5-8-15/h3-14,17H,2H2,1H3/t17-/m1/s1. The maximum Gasteiger partial charge on any atom is 0.253 e. The average Bonchev–Trinajstić information content (AvgIpc) is 3.43. The third kappa shape index (κ3) is 2.37. The Bertz CT molecular complexity index is 1300. The molecule has 0 saturated carbocycles. The van der Waals surface area contributed by atoms with Gasteiger partial charge < -0.3 is 4.90 Å². The Morgan fingerprint density at radius 2 is 1.97 bits per heavy atom. The summed E-state index contributed by atoms with van der Waals surface area (Å²) in [5, 5.41) is 13.0. The molecule has 0 bridgehead atoms. The molecule has 4 heterocycles. The van der Waals surface area contributed by atoms with E-state index < -0.39 is 0 Å². The highest BCUT2D eigenvalue weighted by atomic mass is 15.4. The van der Waals surface area contributed by atoms with Crippen LogP contribution >= 0.6 is 0 Å². The van der Waals surface area contributed by atoms with Gasteiger partial charge in [-0.1, -0.05) is 43.3 Å². The third-order valence-corrected chi connectivity index (χ3v) is 5.51. The Morgan fingerprint density at radius 3 is 2.73 bits per heavy atom. The molecule has 1 atom stereocenters. The largest absolute Gasteiger partial charge is 0.314 e. The minimum Gasteiger partial charge on any atom is -0.314 e. The number of aromatic nitrogens is 7. The topological polar surface area (TPSA) is 77.5 Å². The van der Waals surface area contributed by atoms with Gasteiger partial charge in [-0.15, -0.1) is 10.2 Å². The highest BCUT2D eigenvalue weighted by Crippen LogP contribution is 2.41. The first-order chi connectivity index (χ1) is 14.8. The summed E-state index contributed by atoms with van der Waals surface area (Å²) < 4.78 is 3.76. The predicted octanol–water partition coefficient (Wildman–Crippen LogP) is 3.63. The first kappa shape index (κ1) is 16.8. The van der Waals surface area contributed by atoms with Gasteiger partial charge in [0.2, 0.25) is 0 Å². The van der Waals surface area contributed by atoms with Crippen LogP contribution in [0.1, 0.15) is 25.2 Å². The third-order valence-electron chi connectivity index (χ3n) is 5.51. The van der Waals surface area contributed by atoms with Crippen LogP contribution in [0.4, 0.5) is 5.82 Å². The number of allylic oxidation sites excluding steroid dienone is 3. The molecule has 0 N–H and O–H groups in total. The Hall–Kier alpha value is -4.07. The zero-order chi connectivity index (χ0) is 20.1. The molecule has 8 nitrogen and oxygen atoms in total. The van der Waals surface area contributed by atoms with E-state index in [1.807, 2.05) is 41.1 Å². The molecule has 0 unspecified atom stereocenters. The van der Waals surface area contributed by atoms with Crippen molar-refractivity contribution in [1.82, 2.24) is 34.5 Å². The van der Waals surface area contributed by atoms with E-state index in [-0.39, 0.29) is 6.04 Å². The van der Waals surface area contributed by atoms with Crippen LogP contribution in [0.3, 0.4) is 0 Å². The minimum atomic E-state index is 0.0464. The van der Waals surface area contributed by atoms with Crippen molar-refractivity contribution in [3.05, 3.63) is 84.9 Å². The number of benzene rings is 1. The van der Waals surface area contributed by atoms with Crippen LogP contribution < -0.4 is 4.90 Å². The molecule has 1 aliphatic heterocycles. The van der Waals surface area contributed by atoms with E-state index in [1.54, 1.807) is 17.2 Å². The van der Waals surface area contributed by atoms with E-state index in [0.29, 0.717) is 5.95 Å². The van der Waals surface area contributed by atoms with Crippen molar-refractivity contribution in [1.29, 1.82) is 0 Å². The number of rotatable bonds is 4. The van der Waals surface area contributed by atoms with Crippen LogP contribution in [0.15, 0.2) is 79.0 Å². The van der Waals surface area contributed by atoms with Gasteiger partial charge in [0, 0.05) is 11.3 Å². The van der Waals surface area contributed by atoms with E-state index in [0.717, 1.165) is 40.7 Å². The van der Waals surface area contributed by atoms with Crippen molar-refractivity contribution >= 4 is 5.82 Å². The summed E-state index contributed by atoms with van der Waals surface area (Å²) in [6, 6.07) is 12.1. The lowest BCUT2D eigenvalue weighted by atomic mass is 10.1. The van der Waals surface area contributed by atoms with Gasteiger partial charge >= 0.3 is 0 Å². The molecule has 30 heavy (non-hydrogen) atoms. The van der Waals surface area contributed by atoms with Crippen LogP contribution in [0.25, 0.3) is 22.9 Å². The molecule has 3 aromatic heterocycles. The fraction of sp³-hybridized carbons (Fsp3) is 0.136. The monoisotopic (exact) mass is 394 g/mol. The van der Waals surface area contributed by atoms with Gasteiger partial charge in [0.05, 0.1) is 24.1 Å². The normalized spacial score (nSPS) is 16.6. The second kappa shape index (κ2) is 6.48. The van der Waals surface area contributed by atoms with Crippen LogP contribution in [-0.2, 0) is 0 Å². The van der Waals surface area contributed by atoms with E-state index in [2.05, 4.69) is 56.4 Å². The molecule has 0 amide bonds. The number of hydrogen-bond donors (Lipinski definition) is 0. The summed E-state index contributed by atoms with van der Waals surface area (Å²) in [6.45, 7) is 2.15. The summed E-state index contributed by atoms with van der Waals surface area (Å²) in [5.74, 6) is 2.24. The fourth-order valence-corrected chi connectivity index (χ4v) is 4.03. The van der Waals surface area contributed by atoms with E-state index >= 15 is 0 Å². The van der Waals surface area contributed by atoms with Crippen LogP contribution in [0.2, 0.25) is 0 Å².